The van der Waals surface area contributed by atoms with Crippen molar-refractivity contribution in [2.24, 2.45) is 0 Å². The molecule has 8 nitrogen and oxygen atoms in total. The third-order valence-electron chi connectivity index (χ3n) is 4.59. The average molecular weight is 443 g/mol. The SMILES string of the molecule is COCCCNC(=O)c1nn(-c2ccc(C)cc2)c(=O)n(Cc2cccc(Cl)c2)c1=O. The Labute approximate surface area is 184 Å². The van der Waals surface area contributed by atoms with Gasteiger partial charge in [-0.15, -0.1) is 0 Å². The summed E-state index contributed by atoms with van der Waals surface area (Å²) in [5, 5.41) is 7.22. The fraction of sp³-hybridized carbons (Fsp3) is 0.273. The summed E-state index contributed by atoms with van der Waals surface area (Å²) in [4.78, 5) is 38.8. The van der Waals surface area contributed by atoms with Gasteiger partial charge in [-0.2, -0.15) is 9.78 Å². The first kappa shape index (κ1) is 22.5. The van der Waals surface area contributed by atoms with Gasteiger partial charge >= 0.3 is 5.69 Å². The molecule has 0 aliphatic heterocycles. The summed E-state index contributed by atoms with van der Waals surface area (Å²) in [7, 11) is 1.56. The summed E-state index contributed by atoms with van der Waals surface area (Å²) < 4.78 is 7.02. The van der Waals surface area contributed by atoms with Crippen molar-refractivity contribution in [1.29, 1.82) is 0 Å². The molecule has 9 heteroatoms. The highest BCUT2D eigenvalue weighted by Crippen LogP contribution is 2.11. The van der Waals surface area contributed by atoms with Crippen LogP contribution in [0.3, 0.4) is 0 Å². The van der Waals surface area contributed by atoms with Crippen molar-refractivity contribution in [3.05, 3.63) is 91.2 Å². The number of nitrogens with one attached hydrogen (secondary N) is 1. The molecule has 0 aliphatic rings. The minimum Gasteiger partial charge on any atom is -0.385 e. The Bertz CT molecular complexity index is 1190. The molecule has 0 bridgehead atoms. The Morgan fingerprint density at radius 3 is 2.58 bits per heavy atom. The van der Waals surface area contributed by atoms with Gasteiger partial charge in [0.25, 0.3) is 11.5 Å². The first-order chi connectivity index (χ1) is 14.9. The van der Waals surface area contributed by atoms with Crippen molar-refractivity contribution < 1.29 is 9.53 Å². The van der Waals surface area contributed by atoms with Crippen molar-refractivity contribution in [2.75, 3.05) is 20.3 Å². The maximum absolute atomic E-state index is 13.1. The number of hydrogen-bond donors (Lipinski definition) is 1. The molecule has 1 amide bonds. The van der Waals surface area contributed by atoms with Crippen LogP contribution in [0.2, 0.25) is 5.02 Å². The number of aromatic nitrogens is 3. The molecule has 1 heterocycles. The van der Waals surface area contributed by atoms with Crippen LogP contribution in [0, 0.1) is 6.92 Å². The van der Waals surface area contributed by atoms with Gasteiger partial charge in [-0.25, -0.2) is 4.79 Å². The Balaban J connectivity index is 2.08. The van der Waals surface area contributed by atoms with Crippen LogP contribution in [0.25, 0.3) is 5.69 Å². The van der Waals surface area contributed by atoms with E-state index in [-0.39, 0.29) is 12.2 Å². The second kappa shape index (κ2) is 10.2. The maximum atomic E-state index is 13.1. The third kappa shape index (κ3) is 5.48. The Kier molecular flexibility index (Phi) is 7.38. The predicted molar refractivity (Wildman–Crippen MR) is 118 cm³/mol. The highest BCUT2D eigenvalue weighted by atomic mass is 35.5. The second-order valence-corrected chi connectivity index (χ2v) is 7.44. The molecule has 0 fully saturated rings. The normalized spacial score (nSPS) is 10.8. The number of nitrogens with zero attached hydrogens (tertiary/aromatic N) is 3. The average Bonchev–Trinajstić information content (AvgIpc) is 2.75. The number of ether oxygens (including phenoxy) is 1. The number of carbonyl (C=O) groups excluding carboxylic acids is 1. The lowest BCUT2D eigenvalue weighted by molar-refractivity contribution is 0.0938. The van der Waals surface area contributed by atoms with E-state index in [9.17, 15) is 14.4 Å². The van der Waals surface area contributed by atoms with E-state index in [1.807, 2.05) is 19.1 Å². The van der Waals surface area contributed by atoms with E-state index in [0.717, 1.165) is 14.8 Å². The van der Waals surface area contributed by atoms with Gasteiger partial charge in [-0.05, 0) is 43.2 Å². The molecule has 3 rings (SSSR count). The van der Waals surface area contributed by atoms with E-state index in [1.165, 1.54) is 0 Å². The first-order valence-corrected chi connectivity index (χ1v) is 10.1. The maximum Gasteiger partial charge on any atom is 0.352 e. The number of carbonyl (C=O) groups is 1. The van der Waals surface area contributed by atoms with E-state index in [4.69, 9.17) is 16.3 Å². The summed E-state index contributed by atoms with van der Waals surface area (Å²) in [5.41, 5.74) is 0.325. The smallest absolute Gasteiger partial charge is 0.352 e. The third-order valence-corrected chi connectivity index (χ3v) is 4.83. The number of methoxy groups -OCH3 is 1. The highest BCUT2D eigenvalue weighted by molar-refractivity contribution is 6.30. The topological polar surface area (TPSA) is 95.2 Å². The van der Waals surface area contributed by atoms with Crippen molar-refractivity contribution in [3.63, 3.8) is 0 Å². The van der Waals surface area contributed by atoms with Crippen LogP contribution in [0.4, 0.5) is 0 Å². The number of aryl methyl sites for hydroxylation is 1. The predicted octanol–water partition coefficient (Wildman–Crippen LogP) is 2.17. The van der Waals surface area contributed by atoms with Crippen LogP contribution < -0.4 is 16.6 Å². The van der Waals surface area contributed by atoms with Crippen molar-refractivity contribution >= 4 is 17.5 Å². The van der Waals surface area contributed by atoms with E-state index in [0.29, 0.717) is 35.8 Å². The second-order valence-electron chi connectivity index (χ2n) is 7.00. The number of amides is 1. The molecule has 0 saturated carbocycles. The van der Waals surface area contributed by atoms with Crippen LogP contribution in [-0.2, 0) is 11.3 Å². The van der Waals surface area contributed by atoms with E-state index in [2.05, 4.69) is 10.4 Å². The Hall–Kier alpha value is -3.23. The summed E-state index contributed by atoms with van der Waals surface area (Å²) in [6.07, 6.45) is 0.580. The molecule has 0 unspecified atom stereocenters. The molecular weight excluding hydrogens is 420 g/mol. The zero-order chi connectivity index (χ0) is 22.4. The molecule has 0 saturated heterocycles. The quantitative estimate of drug-likeness (QED) is 0.539. The van der Waals surface area contributed by atoms with Crippen molar-refractivity contribution in [1.82, 2.24) is 19.7 Å². The molecule has 2 aromatic carbocycles. The molecule has 3 aromatic rings. The molecular formula is C22H23ClN4O4. The fourth-order valence-electron chi connectivity index (χ4n) is 2.97. The van der Waals surface area contributed by atoms with Gasteiger partial charge in [-0.3, -0.25) is 14.2 Å². The van der Waals surface area contributed by atoms with Gasteiger partial charge in [0, 0.05) is 25.3 Å². The minimum atomic E-state index is -0.766. The zero-order valence-electron chi connectivity index (χ0n) is 17.3. The van der Waals surface area contributed by atoms with Gasteiger partial charge < -0.3 is 10.1 Å². The molecule has 31 heavy (non-hydrogen) atoms. The van der Waals surface area contributed by atoms with Gasteiger partial charge in [0.1, 0.15) is 0 Å². The summed E-state index contributed by atoms with van der Waals surface area (Å²) in [5.74, 6) is -0.651. The largest absolute Gasteiger partial charge is 0.385 e. The van der Waals surface area contributed by atoms with Crippen molar-refractivity contribution in [2.45, 2.75) is 19.9 Å². The monoisotopic (exact) mass is 442 g/mol. The summed E-state index contributed by atoms with van der Waals surface area (Å²) in [6, 6.07) is 13.9. The standard InChI is InChI=1S/C22H23ClN4O4/c1-15-7-9-18(10-8-15)27-22(30)26(14-16-5-3-6-17(23)13-16)21(29)19(25-27)20(28)24-11-4-12-31-2/h3,5-10,13H,4,11-12,14H2,1-2H3,(H,24,28). The Morgan fingerprint density at radius 1 is 1.16 bits per heavy atom. The molecule has 0 spiro atoms. The zero-order valence-corrected chi connectivity index (χ0v) is 18.1. The number of rotatable bonds is 8. The van der Waals surface area contributed by atoms with Crippen LogP contribution >= 0.6 is 11.6 Å². The number of benzene rings is 2. The van der Waals surface area contributed by atoms with Crippen LogP contribution in [0.15, 0.2) is 58.1 Å². The fourth-order valence-corrected chi connectivity index (χ4v) is 3.18. The number of hydrogen-bond acceptors (Lipinski definition) is 5. The first-order valence-electron chi connectivity index (χ1n) is 9.73. The molecule has 1 aromatic heterocycles. The van der Waals surface area contributed by atoms with Gasteiger partial charge in [0.15, 0.2) is 0 Å². The van der Waals surface area contributed by atoms with Gasteiger partial charge in [0.05, 0.1) is 12.2 Å². The molecule has 1 N–H and O–H groups in total. The van der Waals surface area contributed by atoms with E-state index < -0.39 is 17.2 Å². The highest BCUT2D eigenvalue weighted by Gasteiger charge is 2.20. The van der Waals surface area contributed by atoms with Crippen LogP contribution in [0.1, 0.15) is 28.0 Å². The molecule has 162 valence electrons. The van der Waals surface area contributed by atoms with Gasteiger partial charge in [-0.1, -0.05) is 41.4 Å². The van der Waals surface area contributed by atoms with E-state index in [1.54, 1.807) is 43.5 Å². The summed E-state index contributed by atoms with van der Waals surface area (Å²) >= 11 is 6.04. The lowest BCUT2D eigenvalue weighted by atomic mass is 10.2. The molecule has 0 atom stereocenters. The number of halogens is 1. The Morgan fingerprint density at radius 2 is 1.90 bits per heavy atom. The minimum absolute atomic E-state index is 0.0451. The van der Waals surface area contributed by atoms with Crippen molar-refractivity contribution in [3.8, 4) is 5.69 Å². The summed E-state index contributed by atoms with van der Waals surface area (Å²) in [6.45, 7) is 2.65. The van der Waals surface area contributed by atoms with Crippen LogP contribution in [0.5, 0.6) is 0 Å². The molecule has 0 radical (unpaired) electrons. The van der Waals surface area contributed by atoms with E-state index >= 15 is 0 Å². The lowest BCUT2D eigenvalue weighted by Crippen LogP contribution is -2.46. The lowest BCUT2D eigenvalue weighted by Gasteiger charge is -2.13. The molecule has 0 aliphatic carbocycles. The van der Waals surface area contributed by atoms with Crippen LogP contribution in [-0.4, -0.2) is 40.5 Å². The van der Waals surface area contributed by atoms with Gasteiger partial charge in [0.2, 0.25) is 5.69 Å².